The van der Waals surface area contributed by atoms with Crippen molar-refractivity contribution in [3.8, 4) is 0 Å². The zero-order valence-corrected chi connectivity index (χ0v) is 13.6. The van der Waals surface area contributed by atoms with Crippen molar-refractivity contribution in [3.63, 3.8) is 0 Å². The van der Waals surface area contributed by atoms with Gasteiger partial charge in [0.2, 0.25) is 0 Å². The fourth-order valence-corrected chi connectivity index (χ4v) is 3.58. The molecule has 22 heavy (non-hydrogen) atoms. The quantitative estimate of drug-likeness (QED) is 0.664. The van der Waals surface area contributed by atoms with E-state index in [4.69, 9.17) is 4.98 Å². The third-order valence-electron chi connectivity index (χ3n) is 4.39. The molecule has 2 aromatic carbocycles. The van der Waals surface area contributed by atoms with Gasteiger partial charge in [0.05, 0.1) is 10.9 Å². The van der Waals surface area contributed by atoms with E-state index in [1.165, 1.54) is 5.56 Å². The van der Waals surface area contributed by atoms with Gasteiger partial charge in [0.25, 0.3) is 5.56 Å². The Bertz CT molecular complexity index is 902. The van der Waals surface area contributed by atoms with Crippen LogP contribution in [0.1, 0.15) is 23.7 Å². The van der Waals surface area contributed by atoms with Crippen molar-refractivity contribution in [1.29, 1.82) is 0 Å². The van der Waals surface area contributed by atoms with Gasteiger partial charge in [-0.25, -0.2) is 4.98 Å². The van der Waals surface area contributed by atoms with Gasteiger partial charge in [-0.1, -0.05) is 46.3 Å². The van der Waals surface area contributed by atoms with E-state index in [1.54, 1.807) is 0 Å². The number of hydrogen-bond acceptors (Lipinski definition) is 2. The molecular weight excluding hydrogens is 340 g/mol. The molecule has 0 fully saturated rings. The summed E-state index contributed by atoms with van der Waals surface area (Å²) in [7, 11) is 0. The summed E-state index contributed by atoms with van der Waals surface area (Å²) in [5.41, 5.74) is 2.16. The molecule has 1 aliphatic rings. The highest BCUT2D eigenvalue weighted by molar-refractivity contribution is 9.10. The lowest BCUT2D eigenvalue weighted by atomic mass is 9.91. The standard InChI is InChI=1S/C18H15BrN2O/c19-14-7-8-15-16(10-14)20-17-9-6-13(11-21(17)18(15)22)12-4-2-1-3-5-12/h1-5,7-8,10,13H,6,9,11H2. The Morgan fingerprint density at radius 1 is 1.14 bits per heavy atom. The fourth-order valence-electron chi connectivity index (χ4n) is 3.23. The Morgan fingerprint density at radius 3 is 2.77 bits per heavy atom. The summed E-state index contributed by atoms with van der Waals surface area (Å²) < 4.78 is 2.81. The van der Waals surface area contributed by atoms with E-state index in [0.717, 1.165) is 35.2 Å². The van der Waals surface area contributed by atoms with Crippen LogP contribution in [0.3, 0.4) is 0 Å². The molecule has 0 saturated carbocycles. The molecule has 0 spiro atoms. The molecule has 0 aliphatic carbocycles. The lowest BCUT2D eigenvalue weighted by Crippen LogP contribution is -2.31. The maximum Gasteiger partial charge on any atom is 0.261 e. The van der Waals surface area contributed by atoms with Gasteiger partial charge in [-0.15, -0.1) is 0 Å². The second-order valence-corrected chi connectivity index (χ2v) is 6.67. The van der Waals surface area contributed by atoms with Crippen molar-refractivity contribution in [1.82, 2.24) is 9.55 Å². The molecule has 1 aliphatic heterocycles. The Kier molecular flexibility index (Phi) is 3.34. The summed E-state index contributed by atoms with van der Waals surface area (Å²) >= 11 is 3.44. The Balaban J connectivity index is 1.82. The number of fused-ring (bicyclic) bond motifs is 2. The molecule has 0 N–H and O–H groups in total. The molecule has 1 aromatic heterocycles. The molecular formula is C18H15BrN2O. The van der Waals surface area contributed by atoms with Gasteiger partial charge in [-0.05, 0) is 30.2 Å². The maximum absolute atomic E-state index is 12.8. The van der Waals surface area contributed by atoms with Gasteiger partial charge in [-0.3, -0.25) is 9.36 Å². The van der Waals surface area contributed by atoms with Crippen molar-refractivity contribution < 1.29 is 0 Å². The third-order valence-corrected chi connectivity index (χ3v) is 4.88. The number of hydrogen-bond donors (Lipinski definition) is 0. The smallest absolute Gasteiger partial charge is 0.261 e. The first kappa shape index (κ1) is 13.7. The second-order valence-electron chi connectivity index (χ2n) is 5.75. The average Bonchev–Trinajstić information content (AvgIpc) is 2.55. The first-order valence-electron chi connectivity index (χ1n) is 7.46. The molecule has 0 radical (unpaired) electrons. The van der Waals surface area contributed by atoms with Gasteiger partial charge in [0.1, 0.15) is 5.82 Å². The van der Waals surface area contributed by atoms with E-state index in [0.29, 0.717) is 11.3 Å². The summed E-state index contributed by atoms with van der Waals surface area (Å²) in [4.78, 5) is 17.5. The van der Waals surface area contributed by atoms with Gasteiger partial charge in [0.15, 0.2) is 0 Å². The first-order valence-corrected chi connectivity index (χ1v) is 8.25. The van der Waals surface area contributed by atoms with Crippen LogP contribution in [0, 0.1) is 0 Å². The molecule has 3 nitrogen and oxygen atoms in total. The van der Waals surface area contributed by atoms with Crippen LogP contribution in [0.25, 0.3) is 10.9 Å². The minimum atomic E-state index is 0.0770. The van der Waals surface area contributed by atoms with Crippen molar-refractivity contribution in [2.45, 2.75) is 25.3 Å². The summed E-state index contributed by atoms with van der Waals surface area (Å²) in [6.07, 6.45) is 1.88. The van der Waals surface area contributed by atoms with E-state index >= 15 is 0 Å². The first-order chi connectivity index (χ1) is 10.7. The number of aryl methyl sites for hydroxylation is 1. The number of nitrogens with zero attached hydrogens (tertiary/aromatic N) is 2. The molecule has 1 atom stereocenters. The lowest BCUT2D eigenvalue weighted by molar-refractivity contribution is 0.440. The van der Waals surface area contributed by atoms with Crippen molar-refractivity contribution in [3.05, 3.63) is 74.7 Å². The van der Waals surface area contributed by atoms with Crippen LogP contribution in [0.5, 0.6) is 0 Å². The lowest BCUT2D eigenvalue weighted by Gasteiger charge is -2.26. The molecule has 110 valence electrons. The molecule has 1 unspecified atom stereocenters. The van der Waals surface area contributed by atoms with E-state index in [2.05, 4.69) is 40.2 Å². The van der Waals surface area contributed by atoms with E-state index < -0.39 is 0 Å². The highest BCUT2D eigenvalue weighted by Gasteiger charge is 2.22. The zero-order valence-electron chi connectivity index (χ0n) is 12.0. The topological polar surface area (TPSA) is 34.9 Å². The predicted molar refractivity (Wildman–Crippen MR) is 91.2 cm³/mol. The van der Waals surface area contributed by atoms with E-state index in [1.807, 2.05) is 28.8 Å². The fraction of sp³-hybridized carbons (Fsp3) is 0.222. The number of rotatable bonds is 1. The predicted octanol–water partition coefficient (Wildman–Crippen LogP) is 3.89. The van der Waals surface area contributed by atoms with E-state index in [9.17, 15) is 4.79 Å². The van der Waals surface area contributed by atoms with Crippen molar-refractivity contribution in [2.75, 3.05) is 0 Å². The highest BCUT2D eigenvalue weighted by Crippen LogP contribution is 2.28. The number of aromatic nitrogens is 2. The minimum Gasteiger partial charge on any atom is -0.296 e. The van der Waals surface area contributed by atoms with Crippen LogP contribution in [0.4, 0.5) is 0 Å². The molecule has 3 aromatic rings. The van der Waals surface area contributed by atoms with Crippen LogP contribution in [-0.4, -0.2) is 9.55 Å². The molecule has 0 saturated heterocycles. The molecule has 2 heterocycles. The minimum absolute atomic E-state index is 0.0770. The molecule has 4 rings (SSSR count). The van der Waals surface area contributed by atoms with Gasteiger partial charge >= 0.3 is 0 Å². The summed E-state index contributed by atoms with van der Waals surface area (Å²) in [5, 5.41) is 0.695. The molecule has 0 bridgehead atoms. The van der Waals surface area contributed by atoms with Crippen LogP contribution < -0.4 is 5.56 Å². The van der Waals surface area contributed by atoms with Crippen LogP contribution in [0.2, 0.25) is 0 Å². The van der Waals surface area contributed by atoms with Crippen molar-refractivity contribution in [2.24, 2.45) is 0 Å². The second kappa shape index (κ2) is 5.36. The van der Waals surface area contributed by atoms with E-state index in [-0.39, 0.29) is 5.56 Å². The summed E-state index contributed by atoms with van der Waals surface area (Å²) in [6, 6.07) is 16.1. The summed E-state index contributed by atoms with van der Waals surface area (Å²) in [5.74, 6) is 1.30. The Labute approximate surface area is 136 Å². The van der Waals surface area contributed by atoms with Gasteiger partial charge in [-0.2, -0.15) is 0 Å². The number of halogens is 1. The van der Waals surface area contributed by atoms with Gasteiger partial charge in [0, 0.05) is 23.4 Å². The summed E-state index contributed by atoms with van der Waals surface area (Å²) in [6.45, 7) is 0.719. The third kappa shape index (κ3) is 2.28. The van der Waals surface area contributed by atoms with Crippen molar-refractivity contribution >= 4 is 26.8 Å². The number of benzene rings is 2. The largest absolute Gasteiger partial charge is 0.296 e. The molecule has 4 heteroatoms. The van der Waals surface area contributed by atoms with Crippen LogP contribution >= 0.6 is 15.9 Å². The monoisotopic (exact) mass is 354 g/mol. The average molecular weight is 355 g/mol. The SMILES string of the molecule is O=c1c2ccc(Br)cc2nc2n1CC(c1ccccc1)CC2. The van der Waals surface area contributed by atoms with Gasteiger partial charge < -0.3 is 0 Å². The van der Waals surface area contributed by atoms with Crippen LogP contribution in [-0.2, 0) is 13.0 Å². The normalized spacial score (nSPS) is 17.4. The Hall–Kier alpha value is -1.94. The maximum atomic E-state index is 12.8. The zero-order chi connectivity index (χ0) is 15.1. The Morgan fingerprint density at radius 2 is 1.95 bits per heavy atom. The van der Waals surface area contributed by atoms with Crippen LogP contribution in [0.15, 0.2) is 57.8 Å². The highest BCUT2D eigenvalue weighted by atomic mass is 79.9. The molecule has 0 amide bonds.